The highest BCUT2D eigenvalue weighted by atomic mass is 16.5. The topological polar surface area (TPSA) is 66.8 Å². The predicted octanol–water partition coefficient (Wildman–Crippen LogP) is 2.23. The summed E-state index contributed by atoms with van der Waals surface area (Å²) in [6.45, 7) is 2.03. The Morgan fingerprint density at radius 3 is 2.62 bits per heavy atom. The molecule has 0 atom stereocenters. The van der Waals surface area contributed by atoms with Gasteiger partial charge in [-0.25, -0.2) is 4.79 Å². The first kappa shape index (κ1) is 12.4. The zero-order chi connectivity index (χ0) is 12.1. The Hall–Kier alpha value is -1.71. The van der Waals surface area contributed by atoms with Crippen LogP contribution in [0.2, 0.25) is 0 Å². The monoisotopic (exact) mass is 224 g/mol. The molecular formula is C12H16O4. The van der Waals surface area contributed by atoms with E-state index in [9.17, 15) is 15.0 Å². The van der Waals surface area contributed by atoms with Crippen LogP contribution in [-0.2, 0) is 11.2 Å². The minimum absolute atomic E-state index is 0.152. The number of esters is 1. The molecule has 1 aromatic carbocycles. The largest absolute Gasteiger partial charge is 0.504 e. The molecule has 0 saturated heterocycles. The molecule has 4 nitrogen and oxygen atoms in total. The number of ether oxygens (including phenoxy) is 1. The van der Waals surface area contributed by atoms with Gasteiger partial charge in [0.25, 0.3) is 0 Å². The number of methoxy groups -OCH3 is 1. The van der Waals surface area contributed by atoms with Gasteiger partial charge in [0.1, 0.15) is 0 Å². The van der Waals surface area contributed by atoms with E-state index in [0.29, 0.717) is 12.0 Å². The quantitative estimate of drug-likeness (QED) is 0.608. The molecule has 0 heterocycles. The molecule has 1 rings (SSSR count). The normalized spacial score (nSPS) is 10.1. The molecule has 0 aromatic heterocycles. The summed E-state index contributed by atoms with van der Waals surface area (Å²) < 4.78 is 4.56. The summed E-state index contributed by atoms with van der Waals surface area (Å²) in [5.41, 5.74) is 0.825. The SMILES string of the molecule is CCCCc1cc(C(=O)OC)cc(O)c1O. The highest BCUT2D eigenvalue weighted by molar-refractivity contribution is 5.90. The molecule has 0 spiro atoms. The number of hydrogen-bond donors (Lipinski definition) is 2. The average molecular weight is 224 g/mol. The number of phenols is 2. The lowest BCUT2D eigenvalue weighted by Gasteiger charge is -2.08. The molecule has 0 aliphatic rings. The van der Waals surface area contributed by atoms with Gasteiger partial charge >= 0.3 is 5.97 Å². The number of aromatic hydroxyl groups is 2. The number of carbonyl (C=O) groups is 1. The zero-order valence-electron chi connectivity index (χ0n) is 9.49. The van der Waals surface area contributed by atoms with E-state index in [4.69, 9.17) is 0 Å². The van der Waals surface area contributed by atoms with E-state index in [1.807, 2.05) is 6.92 Å². The standard InChI is InChI=1S/C12H16O4/c1-3-4-5-8-6-9(12(15)16-2)7-10(13)11(8)14/h6-7,13-14H,3-5H2,1-2H3. The van der Waals surface area contributed by atoms with Crippen molar-refractivity contribution in [3.8, 4) is 11.5 Å². The van der Waals surface area contributed by atoms with Crippen molar-refractivity contribution in [1.29, 1.82) is 0 Å². The minimum Gasteiger partial charge on any atom is -0.504 e. The molecule has 0 saturated carbocycles. The van der Waals surface area contributed by atoms with Crippen LogP contribution in [0.25, 0.3) is 0 Å². The van der Waals surface area contributed by atoms with Gasteiger partial charge in [-0.2, -0.15) is 0 Å². The summed E-state index contributed by atoms with van der Waals surface area (Å²) in [5.74, 6) is -0.955. The molecule has 0 radical (unpaired) electrons. The van der Waals surface area contributed by atoms with Crippen LogP contribution in [0, 0.1) is 0 Å². The summed E-state index contributed by atoms with van der Waals surface area (Å²) in [5, 5.41) is 19.1. The maximum atomic E-state index is 11.3. The van der Waals surface area contributed by atoms with Crippen LogP contribution in [0.4, 0.5) is 0 Å². The van der Waals surface area contributed by atoms with Gasteiger partial charge in [0.15, 0.2) is 11.5 Å². The van der Waals surface area contributed by atoms with E-state index in [-0.39, 0.29) is 17.1 Å². The molecule has 16 heavy (non-hydrogen) atoms. The zero-order valence-corrected chi connectivity index (χ0v) is 9.49. The number of carbonyl (C=O) groups excluding carboxylic acids is 1. The van der Waals surface area contributed by atoms with Crippen LogP contribution in [0.3, 0.4) is 0 Å². The predicted molar refractivity (Wildman–Crippen MR) is 59.7 cm³/mol. The fourth-order valence-electron chi connectivity index (χ4n) is 1.47. The molecule has 0 amide bonds. The number of hydrogen-bond acceptors (Lipinski definition) is 4. The van der Waals surface area contributed by atoms with Crippen molar-refractivity contribution >= 4 is 5.97 Å². The molecule has 4 heteroatoms. The van der Waals surface area contributed by atoms with Gasteiger partial charge in [-0.15, -0.1) is 0 Å². The first-order valence-corrected chi connectivity index (χ1v) is 5.23. The Labute approximate surface area is 94.5 Å². The molecular weight excluding hydrogens is 208 g/mol. The van der Waals surface area contributed by atoms with Gasteiger partial charge in [0.2, 0.25) is 0 Å². The lowest BCUT2D eigenvalue weighted by atomic mass is 10.0. The Balaban J connectivity index is 3.06. The van der Waals surface area contributed by atoms with Crippen molar-refractivity contribution in [2.75, 3.05) is 7.11 Å². The van der Waals surface area contributed by atoms with Crippen molar-refractivity contribution < 1.29 is 19.7 Å². The van der Waals surface area contributed by atoms with E-state index in [0.717, 1.165) is 12.8 Å². The summed E-state index contributed by atoms with van der Waals surface area (Å²) in [4.78, 5) is 11.3. The second kappa shape index (κ2) is 5.39. The Morgan fingerprint density at radius 2 is 2.06 bits per heavy atom. The fraction of sp³-hybridized carbons (Fsp3) is 0.417. The van der Waals surface area contributed by atoms with Crippen molar-refractivity contribution in [2.45, 2.75) is 26.2 Å². The first-order chi connectivity index (χ1) is 7.60. The van der Waals surface area contributed by atoms with Gasteiger partial charge in [-0.1, -0.05) is 13.3 Å². The molecule has 0 bridgehead atoms. The molecule has 1 aromatic rings. The molecule has 0 fully saturated rings. The van der Waals surface area contributed by atoms with Gasteiger partial charge in [0, 0.05) is 0 Å². The van der Waals surface area contributed by atoms with Gasteiger partial charge in [-0.05, 0) is 30.5 Å². The van der Waals surface area contributed by atoms with Crippen LogP contribution >= 0.6 is 0 Å². The molecule has 0 unspecified atom stereocenters. The van der Waals surface area contributed by atoms with Crippen LogP contribution in [0.1, 0.15) is 35.7 Å². The Kier molecular flexibility index (Phi) is 4.17. The lowest BCUT2D eigenvalue weighted by Crippen LogP contribution is -2.02. The summed E-state index contributed by atoms with van der Waals surface area (Å²) >= 11 is 0. The second-order valence-corrected chi connectivity index (χ2v) is 3.60. The van der Waals surface area contributed by atoms with Gasteiger partial charge in [0.05, 0.1) is 12.7 Å². The summed E-state index contributed by atoms with van der Waals surface area (Å²) in [7, 11) is 1.28. The smallest absolute Gasteiger partial charge is 0.337 e. The van der Waals surface area contributed by atoms with Crippen molar-refractivity contribution in [3.63, 3.8) is 0 Å². The number of unbranched alkanes of at least 4 members (excludes halogenated alkanes) is 1. The highest BCUT2D eigenvalue weighted by Gasteiger charge is 2.13. The Morgan fingerprint density at radius 1 is 1.38 bits per heavy atom. The second-order valence-electron chi connectivity index (χ2n) is 3.60. The summed E-state index contributed by atoms with van der Waals surface area (Å²) in [6, 6.07) is 2.76. The third kappa shape index (κ3) is 2.66. The summed E-state index contributed by atoms with van der Waals surface area (Å²) in [6.07, 6.45) is 2.49. The van der Waals surface area contributed by atoms with Crippen LogP contribution < -0.4 is 0 Å². The van der Waals surface area contributed by atoms with Crippen molar-refractivity contribution in [3.05, 3.63) is 23.3 Å². The van der Waals surface area contributed by atoms with Crippen LogP contribution in [0.5, 0.6) is 11.5 Å². The number of benzene rings is 1. The van der Waals surface area contributed by atoms with E-state index in [1.54, 1.807) is 6.07 Å². The minimum atomic E-state index is -0.520. The average Bonchev–Trinajstić information content (AvgIpc) is 2.29. The van der Waals surface area contributed by atoms with Crippen molar-refractivity contribution in [2.24, 2.45) is 0 Å². The first-order valence-electron chi connectivity index (χ1n) is 5.23. The van der Waals surface area contributed by atoms with E-state index in [2.05, 4.69) is 4.74 Å². The van der Waals surface area contributed by atoms with Gasteiger partial charge < -0.3 is 14.9 Å². The molecule has 0 aliphatic heterocycles. The fourth-order valence-corrected chi connectivity index (χ4v) is 1.47. The highest BCUT2D eigenvalue weighted by Crippen LogP contribution is 2.31. The third-order valence-electron chi connectivity index (χ3n) is 2.39. The van der Waals surface area contributed by atoms with E-state index in [1.165, 1.54) is 13.2 Å². The maximum absolute atomic E-state index is 11.3. The Bertz CT molecular complexity index is 385. The lowest BCUT2D eigenvalue weighted by molar-refractivity contribution is 0.0600. The van der Waals surface area contributed by atoms with Crippen LogP contribution in [-0.4, -0.2) is 23.3 Å². The molecule has 88 valence electrons. The van der Waals surface area contributed by atoms with E-state index >= 15 is 0 Å². The maximum Gasteiger partial charge on any atom is 0.337 e. The third-order valence-corrected chi connectivity index (χ3v) is 2.39. The van der Waals surface area contributed by atoms with Gasteiger partial charge in [-0.3, -0.25) is 0 Å². The number of phenolic OH excluding ortho intramolecular Hbond substituents is 2. The van der Waals surface area contributed by atoms with E-state index < -0.39 is 5.97 Å². The molecule has 2 N–H and O–H groups in total. The van der Waals surface area contributed by atoms with Crippen molar-refractivity contribution in [1.82, 2.24) is 0 Å². The molecule has 0 aliphatic carbocycles. The van der Waals surface area contributed by atoms with Crippen LogP contribution in [0.15, 0.2) is 12.1 Å². The number of aryl methyl sites for hydroxylation is 1. The number of rotatable bonds is 4.